The van der Waals surface area contributed by atoms with Crippen LogP contribution in [0.25, 0.3) is 0 Å². The smallest absolute Gasteiger partial charge is 0.132 e. The van der Waals surface area contributed by atoms with E-state index in [0.717, 1.165) is 18.9 Å². The second kappa shape index (κ2) is 7.12. The highest BCUT2D eigenvalue weighted by atomic mass is 127. The van der Waals surface area contributed by atoms with Gasteiger partial charge in [-0.3, -0.25) is 0 Å². The quantitative estimate of drug-likeness (QED) is 0.807. The number of halogens is 1. The van der Waals surface area contributed by atoms with Crippen molar-refractivity contribution in [1.82, 2.24) is 5.32 Å². The van der Waals surface area contributed by atoms with Crippen LogP contribution < -0.4 is 10.1 Å². The number of rotatable bonds is 6. The third kappa shape index (κ3) is 5.16. The van der Waals surface area contributed by atoms with Crippen LogP contribution in [0.15, 0.2) is 24.3 Å². The maximum atomic E-state index is 5.78. The van der Waals surface area contributed by atoms with E-state index in [-0.39, 0.29) is 0 Å². The topological polar surface area (TPSA) is 21.3 Å². The van der Waals surface area contributed by atoms with Gasteiger partial charge in [-0.05, 0) is 34.7 Å². The lowest BCUT2D eigenvalue weighted by atomic mass is 10.2. The average Bonchev–Trinajstić information content (AvgIpc) is 2.25. The zero-order chi connectivity index (χ0) is 12.0. The molecule has 0 radical (unpaired) electrons. The maximum Gasteiger partial charge on any atom is 0.132 e. The molecular formula is C13H20INO. The summed E-state index contributed by atoms with van der Waals surface area (Å²) in [6.45, 7) is 8.29. The molecule has 2 nitrogen and oxygen atoms in total. The van der Waals surface area contributed by atoms with Gasteiger partial charge in [0, 0.05) is 18.5 Å². The van der Waals surface area contributed by atoms with Gasteiger partial charge in [0.2, 0.25) is 0 Å². The van der Waals surface area contributed by atoms with Gasteiger partial charge >= 0.3 is 0 Å². The van der Waals surface area contributed by atoms with Crippen molar-refractivity contribution in [2.45, 2.75) is 26.8 Å². The summed E-state index contributed by atoms with van der Waals surface area (Å²) in [6.07, 6.45) is 0. The van der Waals surface area contributed by atoms with E-state index in [9.17, 15) is 0 Å². The Bertz CT molecular complexity index is 315. The van der Waals surface area contributed by atoms with Crippen molar-refractivity contribution in [3.05, 3.63) is 27.8 Å². The van der Waals surface area contributed by atoms with Gasteiger partial charge in [-0.2, -0.15) is 0 Å². The molecule has 90 valence electrons. The molecule has 1 atom stereocenters. The minimum absolute atomic E-state index is 0.526. The molecule has 16 heavy (non-hydrogen) atoms. The lowest BCUT2D eigenvalue weighted by molar-refractivity contribution is 0.251. The molecule has 0 saturated carbocycles. The van der Waals surface area contributed by atoms with E-state index in [2.05, 4.69) is 54.7 Å². The second-order valence-corrected chi connectivity index (χ2v) is 5.57. The average molecular weight is 333 g/mol. The van der Waals surface area contributed by atoms with E-state index in [1.54, 1.807) is 0 Å². The van der Waals surface area contributed by atoms with Crippen molar-refractivity contribution in [3.8, 4) is 5.75 Å². The van der Waals surface area contributed by atoms with Crippen LogP contribution in [0.5, 0.6) is 5.75 Å². The Labute approximate surface area is 112 Å². The minimum Gasteiger partial charge on any atom is -0.492 e. The predicted octanol–water partition coefficient (Wildman–Crippen LogP) is 3.30. The summed E-state index contributed by atoms with van der Waals surface area (Å²) in [6, 6.07) is 8.66. The Morgan fingerprint density at radius 2 is 1.94 bits per heavy atom. The number of hydrogen-bond acceptors (Lipinski definition) is 2. The van der Waals surface area contributed by atoms with Crippen LogP contribution in [0.2, 0.25) is 0 Å². The summed E-state index contributed by atoms with van der Waals surface area (Å²) in [5, 5.41) is 3.41. The lowest BCUT2D eigenvalue weighted by Gasteiger charge is -2.16. The van der Waals surface area contributed by atoms with Gasteiger partial charge in [-0.25, -0.2) is 0 Å². The summed E-state index contributed by atoms with van der Waals surface area (Å²) in [5.41, 5.74) is 0. The molecular weight excluding hydrogens is 313 g/mol. The van der Waals surface area contributed by atoms with Crippen LogP contribution in [-0.4, -0.2) is 19.2 Å². The molecule has 1 aromatic carbocycles. The van der Waals surface area contributed by atoms with Gasteiger partial charge in [0.15, 0.2) is 0 Å². The molecule has 0 saturated heterocycles. The highest BCUT2D eigenvalue weighted by molar-refractivity contribution is 14.1. The monoisotopic (exact) mass is 333 g/mol. The molecule has 0 heterocycles. The molecule has 1 aromatic rings. The van der Waals surface area contributed by atoms with Crippen LogP contribution in [0.3, 0.4) is 0 Å². The van der Waals surface area contributed by atoms with Gasteiger partial charge in [0.1, 0.15) is 5.75 Å². The SMILES string of the molecule is CC(CNC(C)C)COc1ccccc1I. The van der Waals surface area contributed by atoms with Gasteiger partial charge in [-0.1, -0.05) is 32.9 Å². The molecule has 0 aliphatic rings. The molecule has 3 heteroatoms. The summed E-state index contributed by atoms with van der Waals surface area (Å²) in [5.74, 6) is 1.51. The first-order valence-electron chi connectivity index (χ1n) is 5.70. The Hall–Kier alpha value is -0.290. The summed E-state index contributed by atoms with van der Waals surface area (Å²) < 4.78 is 6.95. The lowest BCUT2D eigenvalue weighted by Crippen LogP contribution is -2.30. The number of nitrogens with one attached hydrogen (secondary N) is 1. The van der Waals surface area contributed by atoms with Crippen LogP contribution in [0.4, 0.5) is 0 Å². The van der Waals surface area contributed by atoms with Crippen molar-refractivity contribution >= 4 is 22.6 Å². The number of para-hydroxylation sites is 1. The summed E-state index contributed by atoms with van der Waals surface area (Å²) >= 11 is 2.30. The first kappa shape index (κ1) is 13.8. The zero-order valence-electron chi connectivity index (χ0n) is 10.2. The van der Waals surface area contributed by atoms with Crippen LogP contribution >= 0.6 is 22.6 Å². The van der Waals surface area contributed by atoms with Crippen molar-refractivity contribution in [2.24, 2.45) is 5.92 Å². The van der Waals surface area contributed by atoms with Crippen molar-refractivity contribution in [2.75, 3.05) is 13.2 Å². The summed E-state index contributed by atoms with van der Waals surface area (Å²) in [4.78, 5) is 0. The van der Waals surface area contributed by atoms with E-state index in [0.29, 0.717) is 12.0 Å². The fraction of sp³-hybridized carbons (Fsp3) is 0.538. The van der Waals surface area contributed by atoms with Gasteiger partial charge in [-0.15, -0.1) is 0 Å². The molecule has 1 rings (SSSR count). The van der Waals surface area contributed by atoms with Crippen LogP contribution in [0.1, 0.15) is 20.8 Å². The van der Waals surface area contributed by atoms with E-state index in [1.807, 2.05) is 18.2 Å². The molecule has 0 aliphatic heterocycles. The van der Waals surface area contributed by atoms with Crippen molar-refractivity contribution in [1.29, 1.82) is 0 Å². The molecule has 0 aliphatic carbocycles. The second-order valence-electron chi connectivity index (χ2n) is 4.41. The minimum atomic E-state index is 0.526. The first-order valence-corrected chi connectivity index (χ1v) is 6.78. The molecule has 0 aromatic heterocycles. The third-order valence-corrected chi connectivity index (χ3v) is 3.13. The maximum absolute atomic E-state index is 5.78. The highest BCUT2D eigenvalue weighted by Gasteiger charge is 2.05. The van der Waals surface area contributed by atoms with E-state index in [1.165, 1.54) is 3.57 Å². The van der Waals surface area contributed by atoms with E-state index < -0.39 is 0 Å². The third-order valence-electron chi connectivity index (χ3n) is 2.23. The molecule has 0 fully saturated rings. The molecule has 1 unspecified atom stereocenters. The first-order chi connectivity index (χ1) is 7.59. The Morgan fingerprint density at radius 1 is 1.25 bits per heavy atom. The van der Waals surface area contributed by atoms with Crippen LogP contribution in [0, 0.1) is 9.49 Å². The number of benzene rings is 1. The summed E-state index contributed by atoms with van der Waals surface area (Å²) in [7, 11) is 0. The Balaban J connectivity index is 2.31. The Morgan fingerprint density at radius 3 is 2.56 bits per heavy atom. The van der Waals surface area contributed by atoms with Crippen molar-refractivity contribution in [3.63, 3.8) is 0 Å². The molecule has 0 spiro atoms. The normalized spacial score (nSPS) is 12.8. The van der Waals surface area contributed by atoms with Crippen molar-refractivity contribution < 1.29 is 4.74 Å². The fourth-order valence-corrected chi connectivity index (χ4v) is 1.83. The highest BCUT2D eigenvalue weighted by Crippen LogP contribution is 2.20. The van der Waals surface area contributed by atoms with E-state index in [4.69, 9.17) is 4.74 Å². The van der Waals surface area contributed by atoms with Crippen LogP contribution in [-0.2, 0) is 0 Å². The zero-order valence-corrected chi connectivity index (χ0v) is 12.3. The number of ether oxygens (including phenoxy) is 1. The largest absolute Gasteiger partial charge is 0.492 e. The van der Waals surface area contributed by atoms with Gasteiger partial charge in [0.05, 0.1) is 10.2 Å². The van der Waals surface area contributed by atoms with Gasteiger partial charge < -0.3 is 10.1 Å². The Kier molecular flexibility index (Phi) is 6.13. The van der Waals surface area contributed by atoms with Gasteiger partial charge in [0.25, 0.3) is 0 Å². The molecule has 1 N–H and O–H groups in total. The standard InChI is InChI=1S/C13H20INO/c1-10(2)15-8-11(3)9-16-13-7-5-4-6-12(13)14/h4-7,10-11,15H,8-9H2,1-3H3. The fourth-order valence-electron chi connectivity index (χ4n) is 1.29. The van der Waals surface area contributed by atoms with E-state index >= 15 is 0 Å². The molecule has 0 bridgehead atoms. The predicted molar refractivity (Wildman–Crippen MR) is 77.0 cm³/mol. The molecule has 0 amide bonds. The number of hydrogen-bond donors (Lipinski definition) is 1.